The molecule has 1 aliphatic carbocycles. The molecule has 2 N–H and O–H groups in total. The fraction of sp³-hybridized carbons (Fsp3) is 0.606. The molecule has 3 aromatic heterocycles. The van der Waals surface area contributed by atoms with Crippen molar-refractivity contribution < 1.29 is 23.5 Å². The van der Waals surface area contributed by atoms with E-state index in [0.29, 0.717) is 61.3 Å². The van der Waals surface area contributed by atoms with E-state index in [1.165, 1.54) is 0 Å². The van der Waals surface area contributed by atoms with Crippen molar-refractivity contribution in [2.24, 2.45) is 11.8 Å². The molecule has 13 heteroatoms. The highest BCUT2D eigenvalue weighted by atomic mass is 32.3. The van der Waals surface area contributed by atoms with E-state index in [9.17, 15) is 9.59 Å². The van der Waals surface area contributed by atoms with Crippen LogP contribution < -0.4 is 10.6 Å². The van der Waals surface area contributed by atoms with Gasteiger partial charge in [0.05, 0.1) is 25.5 Å². The first-order valence-electron chi connectivity index (χ1n) is 16.0. The van der Waals surface area contributed by atoms with Gasteiger partial charge >= 0.3 is 0 Å². The second-order valence-corrected chi connectivity index (χ2v) is 17.6. The van der Waals surface area contributed by atoms with Crippen molar-refractivity contribution >= 4 is 27.7 Å². The van der Waals surface area contributed by atoms with Crippen molar-refractivity contribution in [3.63, 3.8) is 0 Å². The average molecular weight is 660 g/mol. The van der Waals surface area contributed by atoms with Crippen LogP contribution in [0.3, 0.4) is 0 Å². The summed E-state index contributed by atoms with van der Waals surface area (Å²) in [7, 11) is 0.918. The van der Waals surface area contributed by atoms with E-state index in [1.54, 1.807) is 40.9 Å². The predicted molar refractivity (Wildman–Crippen MR) is 181 cm³/mol. The summed E-state index contributed by atoms with van der Waals surface area (Å²) >= 11 is 0. The maximum absolute atomic E-state index is 15.7. The zero-order chi connectivity index (χ0) is 33.4. The van der Waals surface area contributed by atoms with Crippen LogP contribution in [-0.4, -0.2) is 87.2 Å². The molecular weight excluding hydrogens is 609 g/mol. The van der Waals surface area contributed by atoms with Crippen molar-refractivity contribution in [2.75, 3.05) is 50.2 Å². The molecule has 0 radical (unpaired) electrons. The molecule has 0 unspecified atom stereocenters. The summed E-state index contributed by atoms with van der Waals surface area (Å²) in [6, 6.07) is 4.02. The molecule has 3 aromatic rings. The maximum atomic E-state index is 15.7. The van der Waals surface area contributed by atoms with E-state index in [4.69, 9.17) is 9.47 Å². The summed E-state index contributed by atoms with van der Waals surface area (Å²) in [6.07, 6.45) is 12.5. The van der Waals surface area contributed by atoms with Crippen LogP contribution in [0.15, 0.2) is 24.4 Å². The quantitative estimate of drug-likeness (QED) is 0.173. The topological polar surface area (TPSA) is 125 Å². The minimum Gasteiger partial charge on any atom is -0.383 e. The van der Waals surface area contributed by atoms with Crippen molar-refractivity contribution in [2.45, 2.75) is 72.2 Å². The second kappa shape index (κ2) is 16.0. The molecule has 3 heterocycles. The first-order valence-corrected chi connectivity index (χ1v) is 19.0. The van der Waals surface area contributed by atoms with E-state index in [1.807, 2.05) is 13.8 Å². The van der Waals surface area contributed by atoms with Crippen molar-refractivity contribution in [3.05, 3.63) is 47.4 Å². The highest BCUT2D eigenvalue weighted by molar-refractivity contribution is 8.32. The van der Waals surface area contributed by atoms with Gasteiger partial charge in [0.2, 0.25) is 11.9 Å². The third kappa shape index (κ3) is 9.16. The van der Waals surface area contributed by atoms with Gasteiger partial charge in [-0.25, -0.2) is 19.7 Å². The molecule has 0 saturated heterocycles. The Morgan fingerprint density at radius 1 is 1.11 bits per heavy atom. The first kappa shape index (κ1) is 35.6. The number of aromatic nitrogens is 5. The van der Waals surface area contributed by atoms with Gasteiger partial charge in [-0.15, -0.1) is 0 Å². The van der Waals surface area contributed by atoms with Crippen molar-refractivity contribution in [1.29, 1.82) is 0 Å². The van der Waals surface area contributed by atoms with E-state index in [2.05, 4.69) is 51.5 Å². The number of ether oxygens (including phenoxy) is 2. The molecule has 11 nitrogen and oxygen atoms in total. The number of hydrogen-bond acceptors (Lipinski definition) is 7. The molecule has 1 atom stereocenters. The molecule has 46 heavy (non-hydrogen) atoms. The number of amides is 2. The highest BCUT2D eigenvalue weighted by Crippen LogP contribution is 2.34. The minimum atomic E-state index is -0.817. The van der Waals surface area contributed by atoms with E-state index in [-0.39, 0.29) is 11.7 Å². The fourth-order valence-corrected chi connectivity index (χ4v) is 6.53. The zero-order valence-corrected chi connectivity index (χ0v) is 29.1. The molecule has 4 rings (SSSR count). The van der Waals surface area contributed by atoms with Gasteiger partial charge in [-0.05, 0) is 75.0 Å². The predicted octanol–water partition coefficient (Wildman–Crippen LogP) is 5.03. The second-order valence-electron chi connectivity index (χ2n) is 13.0. The Morgan fingerprint density at radius 3 is 2.50 bits per heavy atom. The molecular formula is C33H50FN7O4S. The van der Waals surface area contributed by atoms with Gasteiger partial charge in [0.1, 0.15) is 24.3 Å². The SMILES string of the molecule is CCc1c(-c2ccc(NC(=O)[C@@H](NC(=O)c3ccnn3CCOC)[C@H]3CC[C@H](C)CC3)nc2F)c(C)nn1COCCS(C)(C)C. The number of aryl methyl sites for hydroxylation is 1. The van der Waals surface area contributed by atoms with E-state index >= 15 is 4.39 Å². The van der Waals surface area contributed by atoms with Crippen LogP contribution in [0.4, 0.5) is 10.2 Å². The lowest BCUT2D eigenvalue weighted by molar-refractivity contribution is -0.119. The number of nitrogens with one attached hydrogen (secondary N) is 2. The molecule has 1 fully saturated rings. The smallest absolute Gasteiger partial charge is 0.270 e. The Hall–Kier alpha value is -3.29. The lowest BCUT2D eigenvalue weighted by Crippen LogP contribution is -2.49. The van der Waals surface area contributed by atoms with Gasteiger partial charge in [-0.1, -0.05) is 26.7 Å². The third-order valence-electron chi connectivity index (χ3n) is 8.55. The van der Waals surface area contributed by atoms with Gasteiger partial charge in [0.25, 0.3) is 5.91 Å². The Balaban J connectivity index is 1.51. The lowest BCUT2D eigenvalue weighted by Gasteiger charge is -2.32. The zero-order valence-electron chi connectivity index (χ0n) is 28.3. The molecule has 0 spiro atoms. The molecule has 0 bridgehead atoms. The average Bonchev–Trinajstić information content (AvgIpc) is 3.60. The molecule has 1 saturated carbocycles. The van der Waals surface area contributed by atoms with Gasteiger partial charge in [0.15, 0.2) is 0 Å². The number of methoxy groups -OCH3 is 1. The van der Waals surface area contributed by atoms with Crippen LogP contribution in [0.25, 0.3) is 11.1 Å². The van der Waals surface area contributed by atoms with Crippen LogP contribution >= 0.6 is 10.0 Å². The summed E-state index contributed by atoms with van der Waals surface area (Å²) in [5.41, 5.74) is 2.88. The van der Waals surface area contributed by atoms with Gasteiger partial charge in [0, 0.05) is 35.9 Å². The standard InChI is InChI=1S/C33H50FN7O4S/c1-8-26-29(23(3)39-41(26)21-45-19-20-46(5,6)7)25-13-14-28(36-31(25)34)37-33(43)30(24-11-9-22(2)10-12-24)38-32(42)27-15-16-35-40(27)17-18-44-4/h13-16,22,24,30H,8-12,17-21H2,1-7H3,(H,38,42)(H,36,37,43)/t22-,24-,30-/m0/s1. The maximum Gasteiger partial charge on any atom is 0.270 e. The monoisotopic (exact) mass is 659 g/mol. The lowest BCUT2D eigenvalue weighted by atomic mass is 9.79. The number of hydrogen-bond donors (Lipinski definition) is 2. The largest absolute Gasteiger partial charge is 0.383 e. The summed E-state index contributed by atoms with van der Waals surface area (Å²) in [6.45, 7) is 7.78. The van der Waals surface area contributed by atoms with Crippen molar-refractivity contribution in [3.8, 4) is 11.1 Å². The summed E-state index contributed by atoms with van der Waals surface area (Å²) < 4.78 is 30.0. The number of rotatable bonds is 15. The Labute approximate surface area is 273 Å². The molecule has 1 aliphatic rings. The number of pyridine rings is 1. The van der Waals surface area contributed by atoms with Gasteiger partial charge in [-0.3, -0.25) is 14.3 Å². The summed E-state index contributed by atoms with van der Waals surface area (Å²) in [5.74, 6) is 0.0423. The third-order valence-corrected chi connectivity index (χ3v) is 9.94. The molecule has 254 valence electrons. The highest BCUT2D eigenvalue weighted by Gasteiger charge is 2.34. The first-order chi connectivity index (χ1) is 21.9. The van der Waals surface area contributed by atoms with Crippen LogP contribution in [-0.2, 0) is 34.0 Å². The van der Waals surface area contributed by atoms with Gasteiger partial charge < -0.3 is 20.1 Å². The van der Waals surface area contributed by atoms with E-state index < -0.39 is 33.8 Å². The minimum absolute atomic E-state index is 0.0627. The molecule has 0 aromatic carbocycles. The van der Waals surface area contributed by atoms with E-state index in [0.717, 1.165) is 37.1 Å². The normalized spacial score (nSPS) is 17.9. The molecule has 0 aliphatic heterocycles. The van der Waals surface area contributed by atoms with Crippen LogP contribution in [0.2, 0.25) is 0 Å². The molecule has 2 amide bonds. The van der Waals surface area contributed by atoms with Crippen LogP contribution in [0, 0.1) is 24.7 Å². The van der Waals surface area contributed by atoms with Crippen LogP contribution in [0.1, 0.15) is 61.4 Å². The number of anilines is 1. The summed E-state index contributed by atoms with van der Waals surface area (Å²) in [4.78, 5) is 31.2. The number of nitrogens with zero attached hydrogens (tertiary/aromatic N) is 5. The summed E-state index contributed by atoms with van der Waals surface area (Å²) in [5, 5.41) is 14.6. The van der Waals surface area contributed by atoms with Crippen LogP contribution in [0.5, 0.6) is 0 Å². The number of carbonyl (C=O) groups is 2. The Morgan fingerprint density at radius 2 is 1.85 bits per heavy atom. The fourth-order valence-electron chi connectivity index (χ4n) is 5.91. The number of carbonyl (C=O) groups excluding carboxylic acids is 2. The number of halogens is 1. The Bertz CT molecular complexity index is 1480. The van der Waals surface area contributed by atoms with Crippen molar-refractivity contribution in [1.82, 2.24) is 29.9 Å². The Kier molecular flexibility index (Phi) is 12.4. The van der Waals surface area contributed by atoms with Gasteiger partial charge in [-0.2, -0.15) is 14.6 Å².